The first-order valence-electron chi connectivity index (χ1n) is 6.16. The smallest absolute Gasteiger partial charge is 0.287 e. The molecule has 2 unspecified atom stereocenters. The van der Waals surface area contributed by atoms with E-state index in [9.17, 15) is 10.1 Å². The van der Waals surface area contributed by atoms with E-state index in [-0.39, 0.29) is 17.6 Å². The first-order chi connectivity index (χ1) is 8.38. The normalized spacial score (nSPS) is 14.6. The lowest BCUT2D eigenvalue weighted by atomic mass is 9.84. The second-order valence-corrected chi connectivity index (χ2v) is 5.00. The zero-order valence-corrected chi connectivity index (χ0v) is 11.6. The number of hydrogen-bond acceptors (Lipinski definition) is 4. The Kier molecular flexibility index (Phi) is 4.78. The van der Waals surface area contributed by atoms with Gasteiger partial charge in [0.2, 0.25) is 0 Å². The molecule has 1 heterocycles. The van der Waals surface area contributed by atoms with Gasteiger partial charge in [0.1, 0.15) is 6.20 Å². The summed E-state index contributed by atoms with van der Waals surface area (Å²) in [6.45, 7) is 8.27. The summed E-state index contributed by atoms with van der Waals surface area (Å²) in [5.74, 6) is 0.663. The van der Waals surface area contributed by atoms with Crippen LogP contribution in [0.4, 0.5) is 5.69 Å². The fourth-order valence-corrected chi connectivity index (χ4v) is 2.33. The maximum absolute atomic E-state index is 10.7. The highest BCUT2D eigenvalue weighted by Gasteiger charge is 2.25. The van der Waals surface area contributed by atoms with Crippen molar-refractivity contribution < 1.29 is 4.92 Å². The highest BCUT2D eigenvalue weighted by atomic mass is 16.6. The van der Waals surface area contributed by atoms with E-state index in [1.807, 2.05) is 14.0 Å². The molecule has 0 radical (unpaired) electrons. The molecule has 5 nitrogen and oxygen atoms in total. The van der Waals surface area contributed by atoms with E-state index < -0.39 is 4.92 Å². The first kappa shape index (κ1) is 14.6. The largest absolute Gasteiger partial charge is 0.317 e. The summed E-state index contributed by atoms with van der Waals surface area (Å²) in [6.07, 6.45) is 1.35. The number of aromatic nitrogens is 1. The van der Waals surface area contributed by atoms with Crippen molar-refractivity contribution >= 4 is 5.69 Å². The minimum Gasteiger partial charge on any atom is -0.317 e. The van der Waals surface area contributed by atoms with Gasteiger partial charge < -0.3 is 5.32 Å². The van der Waals surface area contributed by atoms with Crippen molar-refractivity contribution in [3.05, 3.63) is 33.6 Å². The van der Waals surface area contributed by atoms with Gasteiger partial charge in [-0.3, -0.25) is 15.1 Å². The van der Waals surface area contributed by atoms with Crippen LogP contribution < -0.4 is 5.32 Å². The molecule has 5 heteroatoms. The number of pyridine rings is 1. The first-order valence-corrected chi connectivity index (χ1v) is 6.16. The molecule has 0 spiro atoms. The van der Waals surface area contributed by atoms with Crippen LogP contribution in [0.3, 0.4) is 0 Å². The second kappa shape index (κ2) is 5.91. The Morgan fingerprint density at radius 2 is 2.00 bits per heavy atom. The minimum absolute atomic E-state index is 0.0517. The summed E-state index contributed by atoms with van der Waals surface area (Å²) >= 11 is 0. The van der Waals surface area contributed by atoms with E-state index in [1.54, 1.807) is 6.07 Å². The summed E-state index contributed by atoms with van der Waals surface area (Å²) in [5.41, 5.74) is 1.87. The lowest BCUT2D eigenvalue weighted by Crippen LogP contribution is -2.33. The van der Waals surface area contributed by atoms with Crippen molar-refractivity contribution in [3.63, 3.8) is 0 Å². The van der Waals surface area contributed by atoms with Gasteiger partial charge in [-0.2, -0.15) is 0 Å². The molecule has 18 heavy (non-hydrogen) atoms. The van der Waals surface area contributed by atoms with Gasteiger partial charge in [0, 0.05) is 23.7 Å². The standard InChI is InChI=1S/C13H21N3O2/c1-8(2)12(10(4)14-5)13-9(3)6-11(7-15-13)16(17)18/h6-8,10,12,14H,1-5H3. The number of nitrogens with zero attached hydrogens (tertiary/aromatic N) is 2. The highest BCUT2D eigenvalue weighted by molar-refractivity contribution is 5.35. The van der Waals surface area contributed by atoms with Gasteiger partial charge in [-0.15, -0.1) is 0 Å². The molecule has 0 aliphatic heterocycles. The van der Waals surface area contributed by atoms with Crippen LogP contribution in [0, 0.1) is 23.0 Å². The van der Waals surface area contributed by atoms with Crippen molar-refractivity contribution in [2.75, 3.05) is 7.05 Å². The molecule has 100 valence electrons. The number of aryl methyl sites for hydroxylation is 1. The molecule has 0 saturated heterocycles. The van der Waals surface area contributed by atoms with E-state index >= 15 is 0 Å². The Balaban J connectivity index is 3.17. The van der Waals surface area contributed by atoms with E-state index in [1.165, 1.54) is 6.20 Å². The van der Waals surface area contributed by atoms with Crippen molar-refractivity contribution in [2.45, 2.75) is 39.7 Å². The summed E-state index contributed by atoms with van der Waals surface area (Å²) in [4.78, 5) is 14.6. The average Bonchev–Trinajstić information content (AvgIpc) is 2.30. The van der Waals surface area contributed by atoms with Crippen LogP contribution in [-0.2, 0) is 0 Å². The topological polar surface area (TPSA) is 68.1 Å². The van der Waals surface area contributed by atoms with Gasteiger partial charge in [-0.1, -0.05) is 13.8 Å². The lowest BCUT2D eigenvalue weighted by molar-refractivity contribution is -0.385. The zero-order chi connectivity index (χ0) is 13.9. The third kappa shape index (κ3) is 3.04. The van der Waals surface area contributed by atoms with Crippen LogP contribution in [0.25, 0.3) is 0 Å². The van der Waals surface area contributed by atoms with Crippen molar-refractivity contribution in [1.82, 2.24) is 10.3 Å². The van der Waals surface area contributed by atoms with Crippen LogP contribution in [0.2, 0.25) is 0 Å². The Bertz CT molecular complexity index is 432. The summed E-state index contributed by atoms with van der Waals surface area (Å²) < 4.78 is 0. The Morgan fingerprint density at radius 3 is 2.39 bits per heavy atom. The van der Waals surface area contributed by atoms with Crippen LogP contribution in [0.5, 0.6) is 0 Å². The van der Waals surface area contributed by atoms with Crippen molar-refractivity contribution in [3.8, 4) is 0 Å². The molecule has 1 N–H and O–H groups in total. The SMILES string of the molecule is CNC(C)C(c1ncc([N+](=O)[O-])cc1C)C(C)C. The average molecular weight is 251 g/mol. The molecule has 1 aromatic rings. The fourth-order valence-electron chi connectivity index (χ4n) is 2.33. The van der Waals surface area contributed by atoms with E-state index in [4.69, 9.17) is 0 Å². The molecule has 2 atom stereocenters. The highest BCUT2D eigenvalue weighted by Crippen LogP contribution is 2.30. The molecule has 0 bridgehead atoms. The Hall–Kier alpha value is -1.49. The zero-order valence-electron chi connectivity index (χ0n) is 11.6. The number of likely N-dealkylation sites (N-methyl/N-ethyl adjacent to an activating group) is 1. The molecule has 0 saturated carbocycles. The molecule has 0 amide bonds. The van der Waals surface area contributed by atoms with E-state index in [0.717, 1.165) is 11.3 Å². The monoisotopic (exact) mass is 251 g/mol. The van der Waals surface area contributed by atoms with Gasteiger partial charge in [0.25, 0.3) is 5.69 Å². The van der Waals surface area contributed by atoms with Crippen LogP contribution in [0.15, 0.2) is 12.3 Å². The van der Waals surface area contributed by atoms with Gasteiger partial charge in [0.05, 0.1) is 4.92 Å². The third-order valence-corrected chi connectivity index (χ3v) is 3.34. The van der Waals surface area contributed by atoms with Gasteiger partial charge in [-0.05, 0) is 32.4 Å². The Morgan fingerprint density at radius 1 is 1.39 bits per heavy atom. The van der Waals surface area contributed by atoms with Gasteiger partial charge in [-0.25, -0.2) is 0 Å². The fraction of sp³-hybridized carbons (Fsp3) is 0.615. The van der Waals surface area contributed by atoms with Crippen molar-refractivity contribution in [1.29, 1.82) is 0 Å². The van der Waals surface area contributed by atoms with E-state index in [0.29, 0.717) is 5.92 Å². The number of nitrogens with one attached hydrogen (secondary N) is 1. The van der Waals surface area contributed by atoms with Gasteiger partial charge >= 0.3 is 0 Å². The van der Waals surface area contributed by atoms with Crippen LogP contribution in [0.1, 0.15) is 37.9 Å². The minimum atomic E-state index is -0.407. The van der Waals surface area contributed by atoms with Crippen molar-refractivity contribution in [2.24, 2.45) is 5.92 Å². The van der Waals surface area contributed by atoms with Crippen LogP contribution in [-0.4, -0.2) is 23.0 Å². The molecule has 0 aliphatic carbocycles. The van der Waals surface area contributed by atoms with Crippen LogP contribution >= 0.6 is 0 Å². The van der Waals surface area contributed by atoms with Gasteiger partial charge in [0.15, 0.2) is 0 Å². The predicted octanol–water partition coefficient (Wildman–Crippen LogP) is 2.65. The number of rotatable bonds is 5. The maximum atomic E-state index is 10.7. The molecule has 0 aromatic carbocycles. The molecule has 1 rings (SSSR count). The Labute approximate surface area is 108 Å². The summed E-state index contributed by atoms with van der Waals surface area (Å²) in [5, 5.41) is 13.9. The lowest BCUT2D eigenvalue weighted by Gasteiger charge is -2.27. The summed E-state index contributed by atoms with van der Waals surface area (Å²) in [7, 11) is 1.92. The second-order valence-electron chi connectivity index (χ2n) is 5.00. The summed E-state index contributed by atoms with van der Waals surface area (Å²) in [6, 6.07) is 1.87. The molecular formula is C13H21N3O2. The molecular weight excluding hydrogens is 230 g/mol. The molecule has 0 fully saturated rings. The quantitative estimate of drug-likeness (QED) is 0.645. The molecule has 0 aliphatic rings. The van der Waals surface area contributed by atoms with E-state index in [2.05, 4.69) is 31.1 Å². The number of hydrogen-bond donors (Lipinski definition) is 1. The predicted molar refractivity (Wildman–Crippen MR) is 71.7 cm³/mol. The maximum Gasteiger partial charge on any atom is 0.287 e. The number of nitro groups is 1. The molecule has 1 aromatic heterocycles. The third-order valence-electron chi connectivity index (χ3n) is 3.34.